The Kier molecular flexibility index (Phi) is 32.8. The van der Waals surface area contributed by atoms with Crippen molar-refractivity contribution in [1.82, 2.24) is 54.1 Å². The van der Waals surface area contributed by atoms with E-state index in [9.17, 15) is 25.1 Å². The average molecular weight is 1050 g/mol. The summed E-state index contributed by atoms with van der Waals surface area (Å²) < 4.78 is 4.69. The van der Waals surface area contributed by atoms with Crippen LogP contribution in [0, 0.1) is 50.2 Å². The number of carbonyl (C=O) groups excluding carboxylic acids is 6. The number of nitrogens with two attached hydrogens (primary N) is 2. The van der Waals surface area contributed by atoms with Gasteiger partial charge in [0.15, 0.2) is 11.6 Å². The van der Waals surface area contributed by atoms with E-state index in [1.54, 1.807) is 13.8 Å². The largest absolute Gasteiger partial charge is 1.00 e. The number of hydrogen-bond donors (Lipinski definition) is 2. The summed E-state index contributed by atoms with van der Waals surface area (Å²) in [6, 6.07) is 15.2. The predicted octanol–water partition coefficient (Wildman–Crippen LogP) is -14.5. The van der Waals surface area contributed by atoms with Crippen molar-refractivity contribution >= 4 is 64.6 Å². The van der Waals surface area contributed by atoms with Gasteiger partial charge in [0, 0.05) is 18.3 Å². The summed E-state index contributed by atoms with van der Waals surface area (Å²) in [5.41, 5.74) is 13.7. The number of benzene rings is 2. The molecule has 0 aliphatic heterocycles. The molecule has 28 nitrogen and oxygen atoms in total. The third-order valence-corrected chi connectivity index (χ3v) is 7.71. The first-order chi connectivity index (χ1) is 29.8. The maximum Gasteiger partial charge on any atom is 1.00 e. The van der Waals surface area contributed by atoms with Gasteiger partial charge in [-0.3, -0.25) is 9.36 Å². The maximum absolute atomic E-state index is 11.4. The zero-order valence-corrected chi connectivity index (χ0v) is 52.2. The maximum atomic E-state index is 11.4. The monoisotopic (exact) mass is 1040 g/mol. The molecule has 33 heteroatoms. The van der Waals surface area contributed by atoms with Gasteiger partial charge in [0.2, 0.25) is 0 Å². The molecule has 2 aromatic carbocycles. The summed E-state index contributed by atoms with van der Waals surface area (Å²) in [4.78, 5) is 71.2. The van der Waals surface area contributed by atoms with Crippen LogP contribution < -0.4 is 279 Å². The van der Waals surface area contributed by atoms with E-state index in [0.717, 1.165) is 9.36 Å². The summed E-state index contributed by atoms with van der Waals surface area (Å²) in [7, 11) is 0. The third kappa shape index (κ3) is 16.5. The Morgan fingerprint density at radius 1 is 0.706 bits per heavy atom. The topological polar surface area (TPSA) is 418 Å². The zero-order valence-electron chi connectivity index (χ0n) is 36.6. The Balaban J connectivity index is 0. The SMILES string of the molecule is O=C=O.O=C=O.[C-]#[N+]c1cnn(-c2c[c-]cc(C(=O)[O-])c2)c1N=Nc1c(C)nn(-c2n[c-]nc(-n3nc(C)c(N=Nc4c(C#N)cnn4-c4c[c-]cc(C(=O)[O-])c4)c3N)n2)c1N.[K+].[K+].[K+].[K+].[K+].[OH-]. The van der Waals surface area contributed by atoms with Crippen molar-refractivity contribution in [3.05, 3.63) is 107 Å². The van der Waals surface area contributed by atoms with Crippen LogP contribution in [0.3, 0.4) is 0 Å². The summed E-state index contributed by atoms with van der Waals surface area (Å²) in [6.07, 6.45) is 5.43. The summed E-state index contributed by atoms with van der Waals surface area (Å²) >= 11 is 0. The van der Waals surface area contributed by atoms with Gasteiger partial charge >= 0.3 is 269 Å². The molecule has 0 aliphatic rings. The van der Waals surface area contributed by atoms with Crippen molar-refractivity contribution in [1.29, 1.82) is 5.26 Å². The Labute approximate surface area is 594 Å². The number of azo groups is 2. The standard InChI is InChI=1S/C33H20N19O4.2CO2.5K.H2O/c1-16-24(43-45-28-20(12-34)13-40-49(28)21-8-4-6-18(10-21)30(53)54)26(35)51(47-16)32-38-15-39-33(42-32)52-27(36)25(17(2)48-52)44-46-29-23(37-3)14-41-50(29)22-9-5-7-19(11-22)31(55)56;2*2-1-3;;;;;;/h6-11,13-14H,35-36H2,1-2H3,(H,53,54)(H,55,56);;;;;;;;1H2/q-3;;;5*+1;/p-3. The number of aryl methyl sites for hydroxylation is 2. The first-order valence-electron chi connectivity index (χ1n) is 16.4. The molecule has 5 N–H and O–H groups in total. The van der Waals surface area contributed by atoms with Crippen LogP contribution in [-0.2, 0) is 19.2 Å². The summed E-state index contributed by atoms with van der Waals surface area (Å²) in [5, 5.41) is 66.3. The van der Waals surface area contributed by atoms with Gasteiger partial charge in [-0.1, -0.05) is 0 Å². The molecule has 314 valence electrons. The summed E-state index contributed by atoms with van der Waals surface area (Å²) in [5.74, 6) is -3.28. The molecule has 5 heterocycles. The van der Waals surface area contributed by atoms with Crippen LogP contribution in [0.1, 0.15) is 37.7 Å². The molecule has 5 aromatic heterocycles. The van der Waals surface area contributed by atoms with Crippen LogP contribution in [0.5, 0.6) is 0 Å². The molecule has 0 atom stereocenters. The van der Waals surface area contributed by atoms with Crippen molar-refractivity contribution in [2.45, 2.75) is 13.8 Å². The van der Waals surface area contributed by atoms with E-state index in [2.05, 4.69) is 79.1 Å². The van der Waals surface area contributed by atoms with Gasteiger partial charge in [0.05, 0.1) is 30.4 Å². The minimum atomic E-state index is -1.43. The fourth-order valence-corrected chi connectivity index (χ4v) is 5.06. The second-order valence-corrected chi connectivity index (χ2v) is 11.4. The normalized spacial score (nSPS) is 9.53. The summed E-state index contributed by atoms with van der Waals surface area (Å²) in [6.45, 7) is 10.7. The van der Waals surface area contributed by atoms with E-state index in [1.165, 1.54) is 58.2 Å². The number of aromatic carboxylic acids is 2. The molecule has 0 bridgehead atoms. The molecule has 0 unspecified atom stereocenters. The molecular formula is C35H19K5N19O9-. The van der Waals surface area contributed by atoms with Crippen LogP contribution in [0.2, 0.25) is 0 Å². The van der Waals surface area contributed by atoms with Gasteiger partial charge in [0.25, 0.3) is 5.69 Å². The molecule has 0 radical (unpaired) electrons. The fraction of sp³-hybridized carbons (Fsp3) is 0.0571. The van der Waals surface area contributed by atoms with E-state index in [4.69, 9.17) is 37.2 Å². The Morgan fingerprint density at radius 2 is 1.12 bits per heavy atom. The van der Waals surface area contributed by atoms with Crippen LogP contribution in [0.4, 0.5) is 40.3 Å². The molecule has 0 saturated carbocycles. The van der Waals surface area contributed by atoms with Crippen molar-refractivity contribution in [3.63, 3.8) is 0 Å². The quantitative estimate of drug-likeness (QED) is 0.0729. The molecule has 7 aromatic rings. The zero-order chi connectivity index (χ0) is 45.1. The molecule has 0 spiro atoms. The Morgan fingerprint density at radius 3 is 1.53 bits per heavy atom. The van der Waals surface area contributed by atoms with Crippen molar-refractivity contribution < 1.29 is 301 Å². The predicted molar refractivity (Wildman–Crippen MR) is 196 cm³/mol. The van der Waals surface area contributed by atoms with Crippen LogP contribution in [0.25, 0.3) is 28.1 Å². The Hall–Kier alpha value is -2.09. The molecular weight excluding hydrogens is 1030 g/mol. The molecule has 0 fully saturated rings. The number of carbonyl (C=O) groups is 2. The molecule has 0 amide bonds. The molecule has 7 rings (SSSR count). The number of carboxylic acid groups (broad SMARTS) is 2. The number of nitrogen functional groups attached to an aromatic ring is 2. The Bertz CT molecular complexity index is 2900. The van der Waals surface area contributed by atoms with Gasteiger partial charge in [-0.15, -0.1) is 43.7 Å². The third-order valence-electron chi connectivity index (χ3n) is 7.71. The van der Waals surface area contributed by atoms with Crippen molar-refractivity contribution in [3.8, 4) is 29.3 Å². The van der Waals surface area contributed by atoms with E-state index in [1.807, 2.05) is 6.07 Å². The van der Waals surface area contributed by atoms with E-state index < -0.39 is 11.9 Å². The second-order valence-electron chi connectivity index (χ2n) is 11.4. The van der Waals surface area contributed by atoms with E-state index in [0.29, 0.717) is 0 Å². The fourth-order valence-electron chi connectivity index (χ4n) is 5.06. The molecule has 68 heavy (non-hydrogen) atoms. The minimum Gasteiger partial charge on any atom is -0.870 e. The smallest absolute Gasteiger partial charge is 0.870 e. The number of anilines is 2. The number of hydrogen-bond acceptors (Lipinski definition) is 23. The second kappa shape index (κ2) is 32.8. The number of carboxylic acids is 2. The van der Waals surface area contributed by atoms with E-state index in [-0.39, 0.29) is 366 Å². The van der Waals surface area contributed by atoms with Gasteiger partial charge in [-0.25, -0.2) is 14.2 Å². The van der Waals surface area contributed by atoms with Crippen LogP contribution >= 0.6 is 0 Å². The first kappa shape index (κ1) is 68.0. The molecule has 0 saturated heterocycles. The van der Waals surface area contributed by atoms with Crippen LogP contribution in [0.15, 0.2) is 69.2 Å². The van der Waals surface area contributed by atoms with Crippen molar-refractivity contribution in [2.75, 3.05) is 11.5 Å². The number of aromatic nitrogens is 11. The van der Waals surface area contributed by atoms with Gasteiger partial charge in [0.1, 0.15) is 46.5 Å². The molecule has 0 aliphatic carbocycles. The van der Waals surface area contributed by atoms with Gasteiger partial charge in [-0.05, 0) is 25.2 Å². The van der Waals surface area contributed by atoms with E-state index >= 15 is 0 Å². The number of rotatable bonds is 10. The van der Waals surface area contributed by atoms with Gasteiger partial charge in [-0.2, -0.15) is 81.2 Å². The minimum absolute atomic E-state index is 0. The van der Waals surface area contributed by atoms with Crippen LogP contribution in [-0.4, -0.2) is 83.8 Å². The number of nitrogens with zero attached hydrogens (tertiary/aromatic N) is 17. The number of nitriles is 1. The first-order valence-corrected chi connectivity index (χ1v) is 16.4. The van der Waals surface area contributed by atoms with Crippen molar-refractivity contribution in [2.24, 2.45) is 20.5 Å². The van der Waals surface area contributed by atoms with Gasteiger partial charge < -0.3 is 51.7 Å². The average Bonchev–Trinajstić information content (AvgIpc) is 4.02.